The molecular formula is C21H14F4N8O. The van der Waals surface area contributed by atoms with Crippen LogP contribution in [0.1, 0.15) is 24.4 Å². The van der Waals surface area contributed by atoms with Crippen molar-refractivity contribution < 1.29 is 17.6 Å². The molecule has 4 aromatic rings. The molecule has 1 unspecified atom stereocenters. The summed E-state index contributed by atoms with van der Waals surface area (Å²) in [6, 6.07) is 4.54. The van der Waals surface area contributed by atoms with Crippen LogP contribution >= 0.6 is 0 Å². The molecule has 0 spiro atoms. The van der Waals surface area contributed by atoms with Gasteiger partial charge in [-0.1, -0.05) is 0 Å². The number of hydrogen-bond acceptors (Lipinski definition) is 8. The Morgan fingerprint density at radius 1 is 1.00 bits per heavy atom. The zero-order valence-corrected chi connectivity index (χ0v) is 17.3. The maximum absolute atomic E-state index is 14.0. The van der Waals surface area contributed by atoms with Gasteiger partial charge in [0.2, 0.25) is 5.95 Å². The Bertz CT molecular complexity index is 1540. The highest BCUT2D eigenvalue weighted by Crippen LogP contribution is 2.26. The monoisotopic (exact) mass is 470 g/mol. The van der Waals surface area contributed by atoms with E-state index in [-0.39, 0.29) is 45.6 Å². The van der Waals surface area contributed by atoms with Gasteiger partial charge in [-0.15, -0.1) is 0 Å². The second-order valence-corrected chi connectivity index (χ2v) is 7.19. The second kappa shape index (κ2) is 8.32. The Hall–Kier alpha value is -4.73. The largest absolute Gasteiger partial charge is 0.382 e. The summed E-state index contributed by atoms with van der Waals surface area (Å²) in [5.41, 5.74) is 9.77. The maximum Gasteiger partial charge on any atom is 0.266 e. The summed E-state index contributed by atoms with van der Waals surface area (Å²) in [7, 11) is 0. The van der Waals surface area contributed by atoms with E-state index in [2.05, 4.69) is 20.3 Å². The minimum absolute atomic E-state index is 0.100. The van der Waals surface area contributed by atoms with Gasteiger partial charge in [-0.2, -0.15) is 15.2 Å². The number of halogens is 4. The quantitative estimate of drug-likeness (QED) is 0.386. The van der Waals surface area contributed by atoms with Gasteiger partial charge in [0.1, 0.15) is 34.9 Å². The van der Waals surface area contributed by atoms with Crippen LogP contribution in [-0.2, 0) is 0 Å². The van der Waals surface area contributed by atoms with E-state index in [9.17, 15) is 27.6 Å². The van der Waals surface area contributed by atoms with Gasteiger partial charge in [-0.05, 0) is 25.1 Å². The van der Waals surface area contributed by atoms with Crippen molar-refractivity contribution in [1.82, 2.24) is 19.5 Å². The molecule has 0 bridgehead atoms. The molecule has 34 heavy (non-hydrogen) atoms. The van der Waals surface area contributed by atoms with Crippen molar-refractivity contribution in [3.63, 3.8) is 0 Å². The molecule has 9 nitrogen and oxygen atoms in total. The highest BCUT2D eigenvalue weighted by Gasteiger charge is 2.22. The normalized spacial score (nSPS) is 11.9. The van der Waals surface area contributed by atoms with E-state index in [0.717, 1.165) is 22.8 Å². The van der Waals surface area contributed by atoms with Gasteiger partial charge in [0.15, 0.2) is 17.5 Å². The van der Waals surface area contributed by atoms with Crippen LogP contribution in [0.15, 0.2) is 35.1 Å². The van der Waals surface area contributed by atoms with E-state index < -0.39 is 34.9 Å². The lowest BCUT2D eigenvalue weighted by Crippen LogP contribution is -2.28. The molecule has 4 rings (SSSR count). The first-order chi connectivity index (χ1) is 16.1. The highest BCUT2D eigenvalue weighted by molar-refractivity contribution is 5.78. The minimum atomic E-state index is -1.30. The second-order valence-electron chi connectivity index (χ2n) is 7.19. The van der Waals surface area contributed by atoms with Crippen molar-refractivity contribution in [1.29, 1.82) is 5.26 Å². The number of nitriles is 1. The first-order valence-electron chi connectivity index (χ1n) is 9.56. The Balaban J connectivity index is 1.98. The predicted octanol–water partition coefficient (Wildman–Crippen LogP) is 2.94. The summed E-state index contributed by atoms with van der Waals surface area (Å²) < 4.78 is 56.5. The molecule has 0 saturated heterocycles. The van der Waals surface area contributed by atoms with E-state index >= 15 is 0 Å². The number of nitrogens with two attached hydrogens (primary N) is 2. The van der Waals surface area contributed by atoms with Crippen molar-refractivity contribution in [2.75, 3.05) is 16.8 Å². The third-order valence-corrected chi connectivity index (χ3v) is 4.85. The average Bonchev–Trinajstić information content (AvgIpc) is 2.74. The van der Waals surface area contributed by atoms with Crippen LogP contribution in [0, 0.1) is 34.6 Å². The maximum atomic E-state index is 14.0. The first kappa shape index (κ1) is 22.5. The molecule has 0 saturated carbocycles. The van der Waals surface area contributed by atoms with Gasteiger partial charge in [0, 0.05) is 12.1 Å². The van der Waals surface area contributed by atoms with Gasteiger partial charge in [0.05, 0.1) is 22.6 Å². The molecule has 13 heteroatoms. The van der Waals surface area contributed by atoms with Crippen molar-refractivity contribution in [3.8, 4) is 11.8 Å². The van der Waals surface area contributed by atoms with Crippen LogP contribution in [0.3, 0.4) is 0 Å². The molecule has 0 fully saturated rings. The molecule has 2 aromatic carbocycles. The van der Waals surface area contributed by atoms with Gasteiger partial charge in [-0.25, -0.2) is 22.5 Å². The molecule has 0 radical (unpaired) electrons. The summed E-state index contributed by atoms with van der Waals surface area (Å²) in [6.45, 7) is 1.48. The van der Waals surface area contributed by atoms with Crippen LogP contribution in [-0.4, -0.2) is 19.5 Å². The number of benzene rings is 2. The zero-order chi connectivity index (χ0) is 24.7. The number of nitrogens with one attached hydrogen (secondary N) is 1. The molecule has 2 heterocycles. The number of anilines is 3. The fraction of sp³-hybridized carbons (Fsp3) is 0.0952. The molecule has 0 aliphatic rings. The number of nitrogens with zero attached hydrogens (tertiary/aromatic N) is 5. The summed E-state index contributed by atoms with van der Waals surface area (Å²) in [6.07, 6.45) is 0. The summed E-state index contributed by atoms with van der Waals surface area (Å²) in [4.78, 5) is 25.1. The number of rotatable bonds is 4. The van der Waals surface area contributed by atoms with Crippen molar-refractivity contribution in [2.24, 2.45) is 0 Å². The van der Waals surface area contributed by atoms with Crippen LogP contribution < -0.4 is 22.3 Å². The molecular weight excluding hydrogens is 456 g/mol. The van der Waals surface area contributed by atoms with Crippen molar-refractivity contribution >= 4 is 28.5 Å². The molecule has 1 atom stereocenters. The SMILES string of the molecule is CC(Nc1nc(N)nc(N)c1C#N)c1nc2cc(F)c(F)cc2c(=O)n1-c1cc(F)cc(F)c1. The van der Waals surface area contributed by atoms with Gasteiger partial charge < -0.3 is 16.8 Å². The number of aromatic nitrogens is 4. The molecule has 0 amide bonds. The Morgan fingerprint density at radius 3 is 2.29 bits per heavy atom. The van der Waals surface area contributed by atoms with Crippen LogP contribution in [0.5, 0.6) is 0 Å². The van der Waals surface area contributed by atoms with E-state index in [4.69, 9.17) is 11.5 Å². The van der Waals surface area contributed by atoms with E-state index in [0.29, 0.717) is 12.1 Å². The number of nitrogen functional groups attached to an aromatic ring is 2. The number of hydrogen-bond donors (Lipinski definition) is 3. The minimum Gasteiger partial charge on any atom is -0.382 e. The Morgan fingerprint density at radius 2 is 1.65 bits per heavy atom. The van der Waals surface area contributed by atoms with Crippen molar-refractivity contribution in [3.05, 3.63) is 75.3 Å². The van der Waals surface area contributed by atoms with Crippen LogP contribution in [0.25, 0.3) is 16.6 Å². The third kappa shape index (κ3) is 3.92. The lowest BCUT2D eigenvalue weighted by molar-refractivity contribution is 0.510. The lowest BCUT2D eigenvalue weighted by atomic mass is 10.2. The third-order valence-electron chi connectivity index (χ3n) is 4.85. The smallest absolute Gasteiger partial charge is 0.266 e. The van der Waals surface area contributed by atoms with E-state index in [1.165, 1.54) is 6.92 Å². The Kier molecular flexibility index (Phi) is 5.50. The van der Waals surface area contributed by atoms with Crippen molar-refractivity contribution in [2.45, 2.75) is 13.0 Å². The molecule has 0 aliphatic carbocycles. The zero-order valence-electron chi connectivity index (χ0n) is 17.3. The fourth-order valence-corrected chi connectivity index (χ4v) is 3.39. The van der Waals surface area contributed by atoms with E-state index in [1.807, 2.05) is 6.07 Å². The topological polar surface area (TPSA) is 149 Å². The molecule has 0 aliphatic heterocycles. The van der Waals surface area contributed by atoms with Gasteiger partial charge >= 0.3 is 0 Å². The summed E-state index contributed by atoms with van der Waals surface area (Å²) in [5, 5.41) is 11.9. The predicted molar refractivity (Wildman–Crippen MR) is 115 cm³/mol. The van der Waals surface area contributed by atoms with Gasteiger partial charge in [0.25, 0.3) is 5.56 Å². The standard InChI is InChI=1S/C21H14F4N8O/c1-8(29-18-13(7-26)17(27)31-21(28)32-18)19-30-16-6-15(25)14(24)5-12(16)20(34)33(19)11-3-9(22)2-10(23)4-11/h2-6,8H,1H3,(H5,27,28,29,31,32). The van der Waals surface area contributed by atoms with Crippen LogP contribution in [0.2, 0.25) is 0 Å². The van der Waals surface area contributed by atoms with Gasteiger partial charge in [-0.3, -0.25) is 9.36 Å². The average molecular weight is 470 g/mol. The number of fused-ring (bicyclic) bond motifs is 1. The molecule has 172 valence electrons. The summed E-state index contributed by atoms with van der Waals surface area (Å²) >= 11 is 0. The van der Waals surface area contributed by atoms with Crippen LogP contribution in [0.4, 0.5) is 35.1 Å². The highest BCUT2D eigenvalue weighted by atomic mass is 19.2. The lowest BCUT2D eigenvalue weighted by Gasteiger charge is -2.21. The molecule has 5 N–H and O–H groups in total. The Labute approximate surface area is 188 Å². The van der Waals surface area contributed by atoms with E-state index in [1.54, 1.807) is 0 Å². The fourth-order valence-electron chi connectivity index (χ4n) is 3.39. The summed E-state index contributed by atoms with van der Waals surface area (Å²) in [5.74, 6) is -5.23. The first-order valence-corrected chi connectivity index (χ1v) is 9.56. The molecule has 2 aromatic heterocycles.